The van der Waals surface area contributed by atoms with E-state index >= 15 is 0 Å². The minimum Gasteiger partial charge on any atom is -0.388 e. The maximum atomic E-state index is 11.9. The number of pyridine rings is 1. The molecule has 1 aromatic carbocycles. The number of fused-ring (bicyclic) bond motifs is 1. The quantitative estimate of drug-likeness (QED) is 0.605. The number of benzene rings is 1. The third kappa shape index (κ3) is 4.48. The fourth-order valence-corrected chi connectivity index (χ4v) is 5.95. The van der Waals surface area contributed by atoms with Crippen LogP contribution in [-0.4, -0.2) is 41.6 Å². The Balaban J connectivity index is 1.68. The molecule has 0 saturated carbocycles. The highest BCUT2D eigenvalue weighted by Gasteiger charge is 2.39. The maximum absolute atomic E-state index is 11.9. The molecule has 3 heterocycles. The number of aliphatic hydroxyl groups is 2. The smallest absolute Gasteiger partial charge is 0.106 e. The maximum Gasteiger partial charge on any atom is 0.106 e. The highest BCUT2D eigenvalue weighted by molar-refractivity contribution is 5.74. The van der Waals surface area contributed by atoms with Gasteiger partial charge in [-0.2, -0.15) is 0 Å². The molecular formula is C30H39NO4. The molecular weight excluding hydrogens is 438 g/mol. The van der Waals surface area contributed by atoms with Crippen LogP contribution in [0.15, 0.2) is 30.3 Å². The van der Waals surface area contributed by atoms with Crippen molar-refractivity contribution in [2.75, 3.05) is 26.4 Å². The van der Waals surface area contributed by atoms with Gasteiger partial charge in [-0.1, -0.05) is 65.0 Å². The van der Waals surface area contributed by atoms with Gasteiger partial charge in [0.15, 0.2) is 0 Å². The van der Waals surface area contributed by atoms with Crippen LogP contribution in [0.4, 0.5) is 0 Å². The summed E-state index contributed by atoms with van der Waals surface area (Å²) in [5.41, 5.74) is 7.92. The summed E-state index contributed by atoms with van der Waals surface area (Å²) < 4.78 is 11.1. The van der Waals surface area contributed by atoms with Gasteiger partial charge in [0, 0.05) is 27.9 Å². The molecule has 2 N–H and O–H groups in total. The monoisotopic (exact) mass is 477 g/mol. The van der Waals surface area contributed by atoms with Gasteiger partial charge in [0.1, 0.15) is 6.10 Å². The number of aliphatic hydroxyl groups excluding tert-OH is 2. The average Bonchev–Trinajstić information content (AvgIpc) is 2.80. The number of aromatic nitrogens is 1. The summed E-state index contributed by atoms with van der Waals surface area (Å²) in [5.74, 6) is 0.136. The molecule has 1 fully saturated rings. The van der Waals surface area contributed by atoms with Crippen LogP contribution in [0.2, 0.25) is 0 Å². The number of nitrogens with zero attached hydrogens (tertiary/aromatic N) is 1. The standard InChI is InChI=1S/C30H39NO4/c1-18(2)27-26(28(33)20-6-8-21(9-7-20)30(5)16-35-17-30)24(19-10-12-34-13-11-19)25-22(31-27)14-29(3,4)15-23(25)32/h6-10,18,23,28,32-33H,11-17H2,1-5H3/t23-,28-/m0/s1. The first-order chi connectivity index (χ1) is 16.6. The van der Waals surface area contributed by atoms with E-state index < -0.39 is 12.2 Å². The van der Waals surface area contributed by atoms with Crippen LogP contribution in [-0.2, 0) is 21.3 Å². The van der Waals surface area contributed by atoms with Gasteiger partial charge in [-0.15, -0.1) is 0 Å². The van der Waals surface area contributed by atoms with Gasteiger partial charge in [0.05, 0.1) is 32.5 Å². The van der Waals surface area contributed by atoms with Crippen LogP contribution in [0, 0.1) is 5.41 Å². The Labute approximate surface area is 209 Å². The number of ether oxygens (including phenoxy) is 2. The molecule has 3 aliphatic rings. The lowest BCUT2D eigenvalue weighted by Gasteiger charge is -2.39. The van der Waals surface area contributed by atoms with Crippen LogP contribution < -0.4 is 0 Å². The zero-order valence-corrected chi connectivity index (χ0v) is 21.7. The Bertz CT molecular complexity index is 1130. The van der Waals surface area contributed by atoms with E-state index in [1.807, 2.05) is 12.1 Å². The highest BCUT2D eigenvalue weighted by atomic mass is 16.5. The Kier molecular flexibility index (Phi) is 6.41. The van der Waals surface area contributed by atoms with Crippen molar-refractivity contribution >= 4 is 5.57 Å². The molecule has 1 saturated heterocycles. The lowest BCUT2D eigenvalue weighted by molar-refractivity contribution is -0.0500. The molecule has 0 radical (unpaired) electrons. The molecule has 0 bridgehead atoms. The molecule has 0 amide bonds. The topological polar surface area (TPSA) is 71.8 Å². The van der Waals surface area contributed by atoms with Crippen molar-refractivity contribution in [3.05, 3.63) is 69.5 Å². The van der Waals surface area contributed by atoms with E-state index in [2.05, 4.69) is 52.8 Å². The third-order valence-electron chi connectivity index (χ3n) is 7.98. The predicted octanol–water partition coefficient (Wildman–Crippen LogP) is 5.38. The van der Waals surface area contributed by atoms with Crippen molar-refractivity contribution in [3.63, 3.8) is 0 Å². The van der Waals surface area contributed by atoms with Crippen molar-refractivity contribution in [3.8, 4) is 0 Å². The Morgan fingerprint density at radius 3 is 2.34 bits per heavy atom. The van der Waals surface area contributed by atoms with Gasteiger partial charge in [-0.25, -0.2) is 0 Å². The van der Waals surface area contributed by atoms with E-state index in [1.165, 1.54) is 5.56 Å². The number of rotatable bonds is 5. The van der Waals surface area contributed by atoms with Crippen LogP contribution in [0.5, 0.6) is 0 Å². The molecule has 2 atom stereocenters. The molecule has 35 heavy (non-hydrogen) atoms. The van der Waals surface area contributed by atoms with Crippen molar-refractivity contribution in [1.29, 1.82) is 0 Å². The fourth-order valence-electron chi connectivity index (χ4n) is 5.95. The fraction of sp³-hybridized carbons (Fsp3) is 0.567. The molecule has 1 aliphatic carbocycles. The van der Waals surface area contributed by atoms with E-state index in [0.29, 0.717) is 19.6 Å². The SMILES string of the molecule is CC(C)c1nc2c(c(C3=CCOCC3)c1[C@@H](O)c1ccc(C3(C)COC3)cc1)[C@@H](O)CC(C)(C)C2. The molecule has 5 rings (SSSR count). The van der Waals surface area contributed by atoms with E-state index in [-0.39, 0.29) is 16.7 Å². The average molecular weight is 478 g/mol. The molecule has 5 heteroatoms. The van der Waals surface area contributed by atoms with Gasteiger partial charge in [-0.3, -0.25) is 4.98 Å². The summed E-state index contributed by atoms with van der Waals surface area (Å²) in [6, 6.07) is 8.31. The van der Waals surface area contributed by atoms with E-state index in [4.69, 9.17) is 14.5 Å². The van der Waals surface area contributed by atoms with Gasteiger partial charge in [0.25, 0.3) is 0 Å². The number of hydrogen-bond acceptors (Lipinski definition) is 5. The third-order valence-corrected chi connectivity index (χ3v) is 7.98. The lowest BCUT2D eigenvalue weighted by Crippen LogP contribution is -2.43. The first-order valence-corrected chi connectivity index (χ1v) is 13.0. The second-order valence-corrected chi connectivity index (χ2v) is 12.0. The minimum atomic E-state index is -0.828. The normalized spacial score (nSPS) is 23.9. The van der Waals surface area contributed by atoms with Crippen LogP contribution >= 0.6 is 0 Å². The first kappa shape index (κ1) is 24.6. The largest absolute Gasteiger partial charge is 0.388 e. The van der Waals surface area contributed by atoms with Gasteiger partial charge in [-0.05, 0) is 52.9 Å². The summed E-state index contributed by atoms with van der Waals surface area (Å²) in [4.78, 5) is 5.15. The lowest BCUT2D eigenvalue weighted by atomic mass is 9.71. The number of hydrogen-bond donors (Lipinski definition) is 2. The van der Waals surface area contributed by atoms with Crippen LogP contribution in [0.3, 0.4) is 0 Å². The molecule has 2 aliphatic heterocycles. The summed E-state index contributed by atoms with van der Waals surface area (Å²) in [6.07, 6.45) is 2.96. The molecule has 5 nitrogen and oxygen atoms in total. The minimum absolute atomic E-state index is 0.0215. The Morgan fingerprint density at radius 1 is 1.06 bits per heavy atom. The van der Waals surface area contributed by atoms with E-state index in [1.54, 1.807) is 0 Å². The Hall–Kier alpha value is -2.05. The zero-order valence-electron chi connectivity index (χ0n) is 21.7. The summed E-state index contributed by atoms with van der Waals surface area (Å²) in [7, 11) is 0. The van der Waals surface area contributed by atoms with Crippen LogP contribution in [0.25, 0.3) is 5.57 Å². The Morgan fingerprint density at radius 2 is 1.77 bits per heavy atom. The van der Waals surface area contributed by atoms with Crippen molar-refractivity contribution in [1.82, 2.24) is 4.98 Å². The summed E-state index contributed by atoms with van der Waals surface area (Å²) in [6.45, 7) is 13.5. The van der Waals surface area contributed by atoms with E-state index in [9.17, 15) is 10.2 Å². The molecule has 188 valence electrons. The van der Waals surface area contributed by atoms with E-state index in [0.717, 1.165) is 65.3 Å². The predicted molar refractivity (Wildman–Crippen MR) is 137 cm³/mol. The zero-order chi connectivity index (χ0) is 25.0. The van der Waals surface area contributed by atoms with Gasteiger partial charge < -0.3 is 19.7 Å². The second kappa shape index (κ2) is 9.11. The molecule has 2 aromatic rings. The highest BCUT2D eigenvalue weighted by Crippen LogP contribution is 2.48. The van der Waals surface area contributed by atoms with Gasteiger partial charge >= 0.3 is 0 Å². The molecule has 1 aromatic heterocycles. The van der Waals surface area contributed by atoms with Crippen molar-refractivity contribution in [2.24, 2.45) is 5.41 Å². The van der Waals surface area contributed by atoms with Crippen molar-refractivity contribution < 1.29 is 19.7 Å². The summed E-state index contributed by atoms with van der Waals surface area (Å²) >= 11 is 0. The van der Waals surface area contributed by atoms with Crippen LogP contribution in [0.1, 0.15) is 105 Å². The van der Waals surface area contributed by atoms with Gasteiger partial charge in [0.2, 0.25) is 0 Å². The summed E-state index contributed by atoms with van der Waals surface area (Å²) in [5, 5.41) is 23.3. The van der Waals surface area contributed by atoms with Crippen molar-refractivity contribution in [2.45, 2.75) is 77.4 Å². The first-order valence-electron chi connectivity index (χ1n) is 13.0. The molecule has 0 spiro atoms. The second-order valence-electron chi connectivity index (χ2n) is 12.0. The molecule has 0 unspecified atom stereocenters.